The average Bonchev–Trinajstić information content (AvgIpc) is 3.17. The van der Waals surface area contributed by atoms with E-state index < -0.39 is 11.6 Å². The number of nitrogens with two attached hydrogens (primary N) is 1. The maximum absolute atomic E-state index is 12.9. The topological polar surface area (TPSA) is 144 Å². The van der Waals surface area contributed by atoms with Gasteiger partial charge in [-0.05, 0) is 30.3 Å². The zero-order valence-corrected chi connectivity index (χ0v) is 18.3. The Morgan fingerprint density at radius 3 is 2.24 bits per heavy atom. The second-order valence-corrected chi connectivity index (χ2v) is 6.83. The summed E-state index contributed by atoms with van der Waals surface area (Å²) in [7, 11) is 6.01. The molecule has 0 atom stereocenters. The SMILES string of the molecule is COc1ccc(OC)c(-c2nc(C(N)=O)c3[nH]c(=O)n(-c4ccc(OC)c(OC)c4)c3n2)c1. The van der Waals surface area contributed by atoms with Gasteiger partial charge < -0.3 is 29.7 Å². The number of amides is 1. The lowest BCUT2D eigenvalue weighted by Crippen LogP contribution is -2.15. The van der Waals surface area contributed by atoms with Crippen LogP contribution in [0.15, 0.2) is 41.2 Å². The fraction of sp³-hybridized carbons (Fsp3) is 0.182. The van der Waals surface area contributed by atoms with Crippen LogP contribution in [0.2, 0.25) is 0 Å². The van der Waals surface area contributed by atoms with Crippen LogP contribution in [0.1, 0.15) is 10.5 Å². The molecule has 170 valence electrons. The van der Waals surface area contributed by atoms with E-state index in [2.05, 4.69) is 15.0 Å². The highest BCUT2D eigenvalue weighted by atomic mass is 16.5. The number of carbonyl (C=O) groups is 1. The van der Waals surface area contributed by atoms with Crippen molar-refractivity contribution in [3.63, 3.8) is 0 Å². The molecule has 11 nitrogen and oxygen atoms in total. The van der Waals surface area contributed by atoms with E-state index in [9.17, 15) is 9.59 Å². The molecule has 2 aromatic carbocycles. The number of nitrogens with zero attached hydrogens (tertiary/aromatic N) is 3. The third kappa shape index (κ3) is 3.69. The van der Waals surface area contributed by atoms with E-state index in [-0.39, 0.29) is 22.7 Å². The van der Waals surface area contributed by atoms with Crippen LogP contribution in [0.25, 0.3) is 28.2 Å². The molecule has 0 fully saturated rings. The lowest BCUT2D eigenvalue weighted by atomic mass is 10.1. The number of ether oxygens (including phenoxy) is 4. The maximum Gasteiger partial charge on any atom is 0.332 e. The van der Waals surface area contributed by atoms with Gasteiger partial charge in [0.1, 0.15) is 17.0 Å². The minimum atomic E-state index is -0.828. The molecule has 0 unspecified atom stereocenters. The molecule has 33 heavy (non-hydrogen) atoms. The van der Waals surface area contributed by atoms with E-state index in [0.29, 0.717) is 34.2 Å². The van der Waals surface area contributed by atoms with Gasteiger partial charge in [0.15, 0.2) is 28.7 Å². The van der Waals surface area contributed by atoms with Crippen molar-refractivity contribution in [1.82, 2.24) is 19.5 Å². The van der Waals surface area contributed by atoms with E-state index in [1.165, 1.54) is 33.0 Å². The van der Waals surface area contributed by atoms with Gasteiger partial charge in [0.25, 0.3) is 5.91 Å². The maximum atomic E-state index is 12.9. The number of fused-ring (bicyclic) bond motifs is 1. The minimum absolute atomic E-state index is 0.105. The minimum Gasteiger partial charge on any atom is -0.497 e. The summed E-state index contributed by atoms with van der Waals surface area (Å²) >= 11 is 0. The first kappa shape index (κ1) is 21.7. The van der Waals surface area contributed by atoms with Crippen LogP contribution in [-0.4, -0.2) is 53.9 Å². The summed E-state index contributed by atoms with van der Waals surface area (Å²) in [6, 6.07) is 9.99. The Hall–Kier alpha value is -4.54. The summed E-state index contributed by atoms with van der Waals surface area (Å²) in [5.41, 5.74) is 6.04. The van der Waals surface area contributed by atoms with Gasteiger partial charge in [-0.2, -0.15) is 0 Å². The van der Waals surface area contributed by atoms with Crippen molar-refractivity contribution in [1.29, 1.82) is 0 Å². The van der Waals surface area contributed by atoms with E-state index in [4.69, 9.17) is 24.7 Å². The monoisotopic (exact) mass is 451 g/mol. The number of methoxy groups -OCH3 is 4. The molecule has 0 radical (unpaired) electrons. The van der Waals surface area contributed by atoms with Crippen LogP contribution >= 0.6 is 0 Å². The summed E-state index contributed by atoms with van der Waals surface area (Å²) in [6.45, 7) is 0. The molecular formula is C22H21N5O6. The number of benzene rings is 2. The smallest absolute Gasteiger partial charge is 0.332 e. The number of hydrogen-bond acceptors (Lipinski definition) is 8. The van der Waals surface area contributed by atoms with Crippen molar-refractivity contribution in [2.75, 3.05) is 28.4 Å². The summed E-state index contributed by atoms with van der Waals surface area (Å²) < 4.78 is 22.6. The Bertz CT molecular complexity index is 1430. The summed E-state index contributed by atoms with van der Waals surface area (Å²) in [5.74, 6) is 1.17. The number of H-pyrrole nitrogens is 1. The normalized spacial score (nSPS) is 10.8. The molecule has 1 amide bonds. The number of hydrogen-bond donors (Lipinski definition) is 2. The van der Waals surface area contributed by atoms with Crippen molar-refractivity contribution in [2.24, 2.45) is 5.73 Å². The van der Waals surface area contributed by atoms with Gasteiger partial charge in [-0.1, -0.05) is 0 Å². The second kappa shape index (κ2) is 8.54. The summed E-state index contributed by atoms with van der Waals surface area (Å²) in [6.07, 6.45) is 0. The highest BCUT2D eigenvalue weighted by Gasteiger charge is 2.22. The van der Waals surface area contributed by atoms with Crippen LogP contribution < -0.4 is 30.4 Å². The number of rotatable bonds is 7. The Morgan fingerprint density at radius 1 is 0.909 bits per heavy atom. The van der Waals surface area contributed by atoms with Crippen molar-refractivity contribution in [2.45, 2.75) is 0 Å². The fourth-order valence-electron chi connectivity index (χ4n) is 3.48. The van der Waals surface area contributed by atoms with Gasteiger partial charge in [0.2, 0.25) is 0 Å². The molecule has 0 bridgehead atoms. The molecule has 2 aromatic heterocycles. The van der Waals surface area contributed by atoms with Crippen LogP contribution in [0.4, 0.5) is 0 Å². The van der Waals surface area contributed by atoms with Crippen molar-refractivity contribution < 1.29 is 23.7 Å². The lowest BCUT2D eigenvalue weighted by Gasteiger charge is -2.12. The lowest BCUT2D eigenvalue weighted by molar-refractivity contribution is 0.0997. The Balaban J connectivity index is 2.05. The largest absolute Gasteiger partial charge is 0.497 e. The third-order valence-corrected chi connectivity index (χ3v) is 5.04. The van der Waals surface area contributed by atoms with Crippen LogP contribution in [-0.2, 0) is 0 Å². The Kier molecular flexibility index (Phi) is 5.61. The first-order chi connectivity index (χ1) is 15.9. The molecule has 0 aliphatic rings. The van der Waals surface area contributed by atoms with Crippen molar-refractivity contribution >= 4 is 17.1 Å². The van der Waals surface area contributed by atoms with E-state index in [1.807, 2.05) is 0 Å². The fourth-order valence-corrected chi connectivity index (χ4v) is 3.48. The van der Waals surface area contributed by atoms with Crippen molar-refractivity contribution in [3.05, 3.63) is 52.6 Å². The molecular weight excluding hydrogens is 430 g/mol. The zero-order valence-electron chi connectivity index (χ0n) is 18.3. The Morgan fingerprint density at radius 2 is 1.61 bits per heavy atom. The highest BCUT2D eigenvalue weighted by molar-refractivity contribution is 6.02. The van der Waals surface area contributed by atoms with Gasteiger partial charge in [-0.3, -0.25) is 4.79 Å². The number of carbonyl (C=O) groups excluding carboxylic acids is 1. The standard InChI is InChI=1S/C22H21N5O6/c1-30-12-6-8-14(31-2)13(10-12)20-24-17(19(23)28)18-21(26-20)27(22(29)25-18)11-5-7-15(32-3)16(9-11)33-4/h5-10H,1-4H3,(H2,23,28)(H,25,29). The van der Waals surface area contributed by atoms with Crippen LogP contribution in [0.5, 0.6) is 23.0 Å². The van der Waals surface area contributed by atoms with E-state index in [1.54, 1.807) is 36.4 Å². The number of aromatic nitrogens is 4. The first-order valence-corrected chi connectivity index (χ1v) is 9.69. The third-order valence-electron chi connectivity index (χ3n) is 5.04. The molecule has 0 saturated heterocycles. The van der Waals surface area contributed by atoms with E-state index in [0.717, 1.165) is 0 Å². The van der Waals surface area contributed by atoms with Gasteiger partial charge in [0, 0.05) is 6.07 Å². The van der Waals surface area contributed by atoms with Gasteiger partial charge in [-0.15, -0.1) is 0 Å². The van der Waals surface area contributed by atoms with E-state index >= 15 is 0 Å². The molecule has 0 spiro atoms. The molecule has 4 aromatic rings. The Labute approximate surface area is 187 Å². The first-order valence-electron chi connectivity index (χ1n) is 9.69. The quantitative estimate of drug-likeness (QED) is 0.434. The summed E-state index contributed by atoms with van der Waals surface area (Å²) in [4.78, 5) is 36.6. The number of imidazole rings is 1. The summed E-state index contributed by atoms with van der Waals surface area (Å²) in [5, 5.41) is 0. The van der Waals surface area contributed by atoms with Crippen LogP contribution in [0.3, 0.4) is 0 Å². The molecule has 2 heterocycles. The number of nitrogens with one attached hydrogen (secondary N) is 1. The second-order valence-electron chi connectivity index (χ2n) is 6.83. The predicted molar refractivity (Wildman–Crippen MR) is 120 cm³/mol. The molecule has 0 aliphatic heterocycles. The number of primary amides is 1. The average molecular weight is 451 g/mol. The molecule has 11 heteroatoms. The molecule has 0 saturated carbocycles. The number of aromatic amines is 1. The van der Waals surface area contributed by atoms with Crippen molar-refractivity contribution in [3.8, 4) is 40.1 Å². The molecule has 0 aliphatic carbocycles. The zero-order chi connectivity index (χ0) is 23.7. The molecule has 3 N–H and O–H groups in total. The van der Waals surface area contributed by atoms with Gasteiger partial charge in [0.05, 0.1) is 39.7 Å². The highest BCUT2D eigenvalue weighted by Crippen LogP contribution is 2.33. The van der Waals surface area contributed by atoms with Gasteiger partial charge >= 0.3 is 5.69 Å². The van der Waals surface area contributed by atoms with Gasteiger partial charge in [-0.25, -0.2) is 19.3 Å². The molecule has 4 rings (SSSR count). The predicted octanol–water partition coefficient (Wildman–Crippen LogP) is 1.91. The van der Waals surface area contributed by atoms with Crippen LogP contribution in [0, 0.1) is 0 Å².